The van der Waals surface area contributed by atoms with E-state index < -0.39 is 0 Å². The number of H-pyrrole nitrogens is 1. The molecule has 76 valence electrons. The summed E-state index contributed by atoms with van der Waals surface area (Å²) in [6.45, 7) is 0. The molecule has 0 spiro atoms. The summed E-state index contributed by atoms with van der Waals surface area (Å²) in [5, 5.41) is 0. The van der Waals surface area contributed by atoms with E-state index in [0.29, 0.717) is 11.5 Å². The van der Waals surface area contributed by atoms with Crippen molar-refractivity contribution < 1.29 is 4.79 Å². The number of imidazole rings is 1. The highest BCUT2D eigenvalue weighted by atomic mass is 79.9. The molecule has 2 aromatic rings. The molecule has 2 heterocycles. The second-order valence-corrected chi connectivity index (χ2v) is 4.49. The molecule has 0 aliphatic heterocycles. The molecular weight excluding hydrogens is 326 g/mol. The number of rotatable bonds is 2. The summed E-state index contributed by atoms with van der Waals surface area (Å²) in [6, 6.07) is 0. The third-order valence-electron chi connectivity index (χ3n) is 1.81. The topological polar surface area (TPSA) is 58.6 Å². The van der Waals surface area contributed by atoms with Crippen molar-refractivity contribution in [2.24, 2.45) is 0 Å². The molecule has 15 heavy (non-hydrogen) atoms. The Hall–Kier alpha value is -1.01. The molecule has 2 aromatic heterocycles. The molecule has 4 nitrogen and oxygen atoms in total. The van der Waals surface area contributed by atoms with Crippen molar-refractivity contribution in [1.82, 2.24) is 15.0 Å². The van der Waals surface area contributed by atoms with Gasteiger partial charge in [-0.1, -0.05) is 0 Å². The molecule has 0 amide bonds. The first kappa shape index (κ1) is 10.5. The minimum Gasteiger partial charge on any atom is -0.336 e. The van der Waals surface area contributed by atoms with Crippen molar-refractivity contribution in [3.63, 3.8) is 0 Å². The Kier molecular flexibility index (Phi) is 2.97. The lowest BCUT2D eigenvalue weighted by Crippen LogP contribution is -1.87. The second kappa shape index (κ2) is 4.24. The van der Waals surface area contributed by atoms with Crippen LogP contribution in [0.3, 0.4) is 0 Å². The van der Waals surface area contributed by atoms with Gasteiger partial charge in [0.1, 0.15) is 5.82 Å². The van der Waals surface area contributed by atoms with Gasteiger partial charge in [0.05, 0.1) is 11.9 Å². The molecule has 0 fully saturated rings. The molecule has 0 unspecified atom stereocenters. The van der Waals surface area contributed by atoms with Crippen molar-refractivity contribution in [2.75, 3.05) is 0 Å². The predicted octanol–water partition coefficient (Wildman–Crippen LogP) is 2.81. The Morgan fingerprint density at radius 2 is 1.87 bits per heavy atom. The van der Waals surface area contributed by atoms with Gasteiger partial charge in [-0.3, -0.25) is 9.78 Å². The maximum atomic E-state index is 10.5. The van der Waals surface area contributed by atoms with Crippen LogP contribution < -0.4 is 0 Å². The Morgan fingerprint density at radius 3 is 2.40 bits per heavy atom. The van der Waals surface area contributed by atoms with E-state index in [1.54, 1.807) is 12.4 Å². The van der Waals surface area contributed by atoms with E-state index in [0.717, 1.165) is 20.8 Å². The maximum absolute atomic E-state index is 10.5. The SMILES string of the molecule is O=Cc1cnc(-c2c(Br)cncc2Br)[nH]1. The summed E-state index contributed by atoms with van der Waals surface area (Å²) in [5.74, 6) is 0.623. The summed E-state index contributed by atoms with van der Waals surface area (Å²) in [7, 11) is 0. The van der Waals surface area contributed by atoms with E-state index in [1.807, 2.05) is 0 Å². The first-order chi connectivity index (χ1) is 7.22. The third kappa shape index (κ3) is 2.00. The smallest absolute Gasteiger partial charge is 0.167 e. The number of aromatic nitrogens is 3. The van der Waals surface area contributed by atoms with E-state index >= 15 is 0 Å². The highest BCUT2D eigenvalue weighted by Crippen LogP contribution is 2.31. The van der Waals surface area contributed by atoms with E-state index in [9.17, 15) is 4.79 Å². The zero-order chi connectivity index (χ0) is 10.8. The number of carbonyl (C=O) groups excluding carboxylic acids is 1. The molecule has 0 atom stereocenters. The molecule has 0 saturated carbocycles. The summed E-state index contributed by atoms with van der Waals surface area (Å²) >= 11 is 6.75. The summed E-state index contributed by atoms with van der Waals surface area (Å²) < 4.78 is 1.62. The van der Waals surface area contributed by atoms with Crippen molar-refractivity contribution in [1.29, 1.82) is 0 Å². The lowest BCUT2D eigenvalue weighted by atomic mass is 10.2. The molecule has 0 aromatic carbocycles. The fourth-order valence-corrected chi connectivity index (χ4v) is 2.47. The Labute approximate surface area is 102 Å². The van der Waals surface area contributed by atoms with Gasteiger partial charge in [0.2, 0.25) is 0 Å². The third-order valence-corrected chi connectivity index (χ3v) is 3.02. The number of nitrogens with one attached hydrogen (secondary N) is 1. The zero-order valence-corrected chi connectivity index (χ0v) is 10.5. The molecular formula is C9H5Br2N3O. The molecule has 0 aliphatic carbocycles. The monoisotopic (exact) mass is 329 g/mol. The molecule has 0 bridgehead atoms. The van der Waals surface area contributed by atoms with Crippen LogP contribution >= 0.6 is 31.9 Å². The van der Waals surface area contributed by atoms with Gasteiger partial charge in [-0.15, -0.1) is 0 Å². The van der Waals surface area contributed by atoms with Gasteiger partial charge < -0.3 is 4.98 Å². The van der Waals surface area contributed by atoms with Gasteiger partial charge in [-0.25, -0.2) is 4.98 Å². The highest BCUT2D eigenvalue weighted by Gasteiger charge is 2.11. The first-order valence-corrected chi connectivity index (χ1v) is 5.60. The number of halogens is 2. The van der Waals surface area contributed by atoms with Crippen LogP contribution in [0.1, 0.15) is 10.5 Å². The predicted molar refractivity (Wildman–Crippen MR) is 62.6 cm³/mol. The summed E-state index contributed by atoms with van der Waals surface area (Å²) in [4.78, 5) is 21.5. The van der Waals surface area contributed by atoms with Crippen LogP contribution in [0, 0.1) is 0 Å². The number of nitrogens with zero attached hydrogens (tertiary/aromatic N) is 2. The Morgan fingerprint density at radius 1 is 1.20 bits per heavy atom. The van der Waals surface area contributed by atoms with Gasteiger partial charge in [0.25, 0.3) is 0 Å². The van der Waals surface area contributed by atoms with Gasteiger partial charge in [-0.05, 0) is 31.9 Å². The largest absolute Gasteiger partial charge is 0.336 e. The van der Waals surface area contributed by atoms with E-state index in [2.05, 4.69) is 46.8 Å². The normalized spacial score (nSPS) is 10.3. The highest BCUT2D eigenvalue weighted by molar-refractivity contribution is 9.11. The fraction of sp³-hybridized carbons (Fsp3) is 0. The van der Waals surface area contributed by atoms with Gasteiger partial charge in [0, 0.05) is 26.9 Å². The van der Waals surface area contributed by atoms with Crippen LogP contribution in [0.15, 0.2) is 27.5 Å². The van der Waals surface area contributed by atoms with Crippen LogP contribution in [0.4, 0.5) is 0 Å². The second-order valence-electron chi connectivity index (χ2n) is 2.78. The number of aromatic amines is 1. The molecule has 2 rings (SSSR count). The molecule has 0 saturated heterocycles. The van der Waals surface area contributed by atoms with Gasteiger partial charge in [-0.2, -0.15) is 0 Å². The minimum absolute atomic E-state index is 0.445. The van der Waals surface area contributed by atoms with Crippen LogP contribution in [-0.2, 0) is 0 Å². The minimum atomic E-state index is 0.445. The zero-order valence-electron chi connectivity index (χ0n) is 7.37. The van der Waals surface area contributed by atoms with E-state index in [1.165, 1.54) is 6.20 Å². The van der Waals surface area contributed by atoms with Crippen molar-refractivity contribution in [2.45, 2.75) is 0 Å². The lowest BCUT2D eigenvalue weighted by molar-refractivity contribution is 0.111. The molecule has 0 radical (unpaired) electrons. The standard InChI is InChI=1S/C9H5Br2N3O/c10-6-2-12-3-7(11)8(6)9-13-1-5(4-15)14-9/h1-4H,(H,13,14). The van der Waals surface area contributed by atoms with Gasteiger partial charge in [0.15, 0.2) is 6.29 Å². The number of carbonyl (C=O) groups is 1. The molecule has 6 heteroatoms. The molecule has 1 N–H and O–H groups in total. The quantitative estimate of drug-likeness (QED) is 0.861. The number of hydrogen-bond donors (Lipinski definition) is 1. The van der Waals surface area contributed by atoms with Crippen molar-refractivity contribution >= 4 is 38.1 Å². The van der Waals surface area contributed by atoms with Crippen LogP contribution in [0.2, 0.25) is 0 Å². The van der Waals surface area contributed by atoms with Gasteiger partial charge >= 0.3 is 0 Å². The Bertz CT molecular complexity index is 490. The number of hydrogen-bond acceptors (Lipinski definition) is 3. The average molecular weight is 331 g/mol. The van der Waals surface area contributed by atoms with Crippen LogP contribution in [-0.4, -0.2) is 21.2 Å². The first-order valence-electron chi connectivity index (χ1n) is 4.02. The lowest BCUT2D eigenvalue weighted by Gasteiger charge is -2.02. The van der Waals surface area contributed by atoms with Crippen LogP contribution in [0.5, 0.6) is 0 Å². The maximum Gasteiger partial charge on any atom is 0.167 e. The van der Waals surface area contributed by atoms with E-state index in [-0.39, 0.29) is 0 Å². The summed E-state index contributed by atoms with van der Waals surface area (Å²) in [6.07, 6.45) is 5.55. The fourth-order valence-electron chi connectivity index (χ4n) is 1.16. The number of aldehydes is 1. The average Bonchev–Trinajstić information content (AvgIpc) is 2.66. The van der Waals surface area contributed by atoms with Crippen molar-refractivity contribution in [3.8, 4) is 11.4 Å². The van der Waals surface area contributed by atoms with Crippen molar-refractivity contribution in [3.05, 3.63) is 33.2 Å². The van der Waals surface area contributed by atoms with Crippen LogP contribution in [0.25, 0.3) is 11.4 Å². The summed E-state index contributed by atoms with van der Waals surface area (Å²) in [5.41, 5.74) is 1.29. The molecule has 0 aliphatic rings. The van der Waals surface area contributed by atoms with E-state index in [4.69, 9.17) is 0 Å². The Balaban J connectivity index is 2.58. The number of pyridine rings is 1.